The largest absolute Gasteiger partial charge is 0.465 e. The second-order valence-electron chi connectivity index (χ2n) is 4.58. The van der Waals surface area contributed by atoms with E-state index in [0.29, 0.717) is 11.2 Å². The Balaban J connectivity index is 2.52. The van der Waals surface area contributed by atoms with E-state index in [-0.39, 0.29) is 21.0 Å². The molecule has 0 amide bonds. The molecule has 0 heterocycles. The van der Waals surface area contributed by atoms with E-state index in [2.05, 4.69) is 4.74 Å². The molecule has 0 N–H and O–H groups in total. The maximum Gasteiger partial charge on any atom is 0.416 e. The van der Waals surface area contributed by atoms with Gasteiger partial charge in [0.1, 0.15) is 0 Å². The Morgan fingerprint density at radius 3 is 2.50 bits per heavy atom. The number of esters is 1. The standard InChI is InChI=1S/C16H10ClF3O3S/c1-23-15(22)11-4-2-3-5-13(11)24-14-9(8-21)6-10(7-12(14)17)16(18,19)20/h2-8H,1H3. The predicted octanol–water partition coefficient (Wildman–Crippen LogP) is 5.11. The van der Waals surface area contributed by atoms with E-state index in [9.17, 15) is 22.8 Å². The molecule has 0 aromatic heterocycles. The summed E-state index contributed by atoms with van der Waals surface area (Å²) in [6.07, 6.45) is -4.32. The molecule has 0 saturated carbocycles. The fourth-order valence-electron chi connectivity index (χ4n) is 1.92. The summed E-state index contributed by atoms with van der Waals surface area (Å²) >= 11 is 6.86. The Hall–Kier alpha value is -1.99. The van der Waals surface area contributed by atoms with Gasteiger partial charge in [0.25, 0.3) is 0 Å². The highest BCUT2D eigenvalue weighted by atomic mass is 35.5. The number of carbonyl (C=O) groups is 2. The van der Waals surface area contributed by atoms with E-state index in [1.54, 1.807) is 18.2 Å². The first-order valence-electron chi connectivity index (χ1n) is 6.49. The van der Waals surface area contributed by atoms with Crippen molar-refractivity contribution < 1.29 is 27.5 Å². The lowest BCUT2D eigenvalue weighted by Gasteiger charge is -2.13. The molecule has 0 aliphatic heterocycles. The minimum absolute atomic E-state index is 0.135. The van der Waals surface area contributed by atoms with Crippen molar-refractivity contribution >= 4 is 35.6 Å². The molecule has 0 radical (unpaired) electrons. The summed E-state index contributed by atoms with van der Waals surface area (Å²) in [4.78, 5) is 23.5. The molecule has 3 nitrogen and oxygen atoms in total. The zero-order valence-corrected chi connectivity index (χ0v) is 13.8. The van der Waals surface area contributed by atoms with Crippen LogP contribution in [-0.4, -0.2) is 19.4 Å². The molecule has 24 heavy (non-hydrogen) atoms. The summed E-state index contributed by atoms with van der Waals surface area (Å²) in [5, 5.41) is -0.225. The SMILES string of the molecule is COC(=O)c1ccccc1Sc1c(Cl)cc(C(F)(F)F)cc1C=O. The average Bonchev–Trinajstić information content (AvgIpc) is 2.55. The third-order valence-corrected chi connectivity index (χ3v) is 4.68. The van der Waals surface area contributed by atoms with Crippen molar-refractivity contribution in [3.63, 3.8) is 0 Å². The van der Waals surface area contributed by atoms with E-state index < -0.39 is 17.7 Å². The lowest BCUT2D eigenvalue weighted by molar-refractivity contribution is -0.137. The van der Waals surface area contributed by atoms with Crippen LogP contribution in [0.5, 0.6) is 0 Å². The Kier molecular flexibility index (Phi) is 5.56. The number of halogens is 4. The molecule has 2 rings (SSSR count). The predicted molar refractivity (Wildman–Crippen MR) is 83.7 cm³/mol. The monoisotopic (exact) mass is 374 g/mol. The van der Waals surface area contributed by atoms with E-state index in [0.717, 1.165) is 23.9 Å². The number of alkyl halides is 3. The van der Waals surface area contributed by atoms with Crippen molar-refractivity contribution in [1.82, 2.24) is 0 Å². The fourth-order valence-corrected chi connectivity index (χ4v) is 3.27. The molecule has 0 spiro atoms. The van der Waals surface area contributed by atoms with Gasteiger partial charge in [-0.2, -0.15) is 13.2 Å². The van der Waals surface area contributed by atoms with Crippen LogP contribution < -0.4 is 0 Å². The van der Waals surface area contributed by atoms with Crippen molar-refractivity contribution in [2.45, 2.75) is 16.0 Å². The van der Waals surface area contributed by atoms with Crippen LogP contribution in [0.1, 0.15) is 26.3 Å². The molecule has 8 heteroatoms. The van der Waals surface area contributed by atoms with Crippen molar-refractivity contribution in [2.75, 3.05) is 7.11 Å². The van der Waals surface area contributed by atoms with Crippen LogP contribution >= 0.6 is 23.4 Å². The minimum Gasteiger partial charge on any atom is -0.465 e. The lowest BCUT2D eigenvalue weighted by Crippen LogP contribution is -2.07. The van der Waals surface area contributed by atoms with Gasteiger partial charge in [-0.15, -0.1) is 0 Å². The van der Waals surface area contributed by atoms with Crippen molar-refractivity contribution in [2.24, 2.45) is 0 Å². The Morgan fingerprint density at radius 2 is 1.92 bits per heavy atom. The van der Waals surface area contributed by atoms with Gasteiger partial charge in [-0.3, -0.25) is 4.79 Å². The number of ether oxygens (including phenoxy) is 1. The van der Waals surface area contributed by atoms with Gasteiger partial charge in [0.2, 0.25) is 0 Å². The molecule has 126 valence electrons. The Bertz CT molecular complexity index is 791. The van der Waals surface area contributed by atoms with Crippen molar-refractivity contribution in [3.8, 4) is 0 Å². The summed E-state index contributed by atoms with van der Waals surface area (Å²) in [6, 6.07) is 7.82. The van der Waals surface area contributed by atoms with Gasteiger partial charge in [0.15, 0.2) is 6.29 Å². The Morgan fingerprint density at radius 1 is 1.25 bits per heavy atom. The molecule has 0 aliphatic carbocycles. The smallest absolute Gasteiger partial charge is 0.416 e. The lowest BCUT2D eigenvalue weighted by atomic mass is 10.1. The first-order valence-corrected chi connectivity index (χ1v) is 7.68. The second-order valence-corrected chi connectivity index (χ2v) is 6.04. The van der Waals surface area contributed by atoms with Crippen LogP contribution in [0.15, 0.2) is 46.2 Å². The van der Waals surface area contributed by atoms with Gasteiger partial charge < -0.3 is 4.74 Å². The van der Waals surface area contributed by atoms with Crippen LogP contribution in [0.2, 0.25) is 5.02 Å². The van der Waals surface area contributed by atoms with Crippen LogP contribution in [0.3, 0.4) is 0 Å². The molecule has 2 aromatic carbocycles. The first-order chi connectivity index (χ1) is 11.3. The number of aldehydes is 1. The summed E-state index contributed by atoms with van der Waals surface area (Å²) in [7, 11) is 1.21. The molecule has 2 aromatic rings. The van der Waals surface area contributed by atoms with Crippen LogP contribution in [-0.2, 0) is 10.9 Å². The highest BCUT2D eigenvalue weighted by molar-refractivity contribution is 7.99. The molecular weight excluding hydrogens is 365 g/mol. The number of carbonyl (C=O) groups excluding carboxylic acids is 2. The van der Waals surface area contributed by atoms with Crippen LogP contribution in [0.4, 0.5) is 13.2 Å². The van der Waals surface area contributed by atoms with Gasteiger partial charge in [-0.05, 0) is 24.3 Å². The molecule has 0 unspecified atom stereocenters. The summed E-state index contributed by atoms with van der Waals surface area (Å²) in [5.74, 6) is -0.603. The van der Waals surface area contributed by atoms with E-state index in [4.69, 9.17) is 11.6 Å². The number of benzene rings is 2. The van der Waals surface area contributed by atoms with E-state index in [1.165, 1.54) is 13.2 Å². The summed E-state index contributed by atoms with van der Waals surface area (Å²) < 4.78 is 43.1. The van der Waals surface area contributed by atoms with E-state index >= 15 is 0 Å². The zero-order valence-electron chi connectivity index (χ0n) is 12.2. The fraction of sp³-hybridized carbons (Fsp3) is 0.125. The molecule has 0 fully saturated rings. The van der Waals surface area contributed by atoms with Gasteiger partial charge in [0.05, 0.1) is 23.3 Å². The van der Waals surface area contributed by atoms with E-state index in [1.807, 2.05) is 0 Å². The van der Waals surface area contributed by atoms with Crippen LogP contribution in [0.25, 0.3) is 0 Å². The summed E-state index contributed by atoms with van der Waals surface area (Å²) in [5.41, 5.74) is -1.00. The average molecular weight is 375 g/mol. The second kappa shape index (κ2) is 7.27. The number of hydrogen-bond acceptors (Lipinski definition) is 4. The highest BCUT2D eigenvalue weighted by Crippen LogP contribution is 2.41. The van der Waals surface area contributed by atoms with Gasteiger partial charge in [-0.25, -0.2) is 4.79 Å². The normalized spacial score (nSPS) is 11.2. The molecule has 0 aliphatic rings. The Labute approximate surface area is 144 Å². The molecular formula is C16H10ClF3O3S. The van der Waals surface area contributed by atoms with Gasteiger partial charge in [-0.1, -0.05) is 35.5 Å². The van der Waals surface area contributed by atoms with Crippen LogP contribution in [0, 0.1) is 0 Å². The minimum atomic E-state index is -4.62. The van der Waals surface area contributed by atoms with Crippen molar-refractivity contribution in [1.29, 1.82) is 0 Å². The van der Waals surface area contributed by atoms with Gasteiger partial charge in [0, 0.05) is 15.4 Å². The third-order valence-electron chi connectivity index (χ3n) is 3.03. The maximum absolute atomic E-state index is 12.8. The number of methoxy groups -OCH3 is 1. The molecule has 0 atom stereocenters. The maximum atomic E-state index is 12.8. The molecule has 0 bridgehead atoms. The third kappa shape index (κ3) is 3.91. The zero-order chi connectivity index (χ0) is 17.9. The first kappa shape index (κ1) is 18.4. The number of rotatable bonds is 4. The topological polar surface area (TPSA) is 43.4 Å². The quantitative estimate of drug-likeness (QED) is 0.551. The van der Waals surface area contributed by atoms with Gasteiger partial charge >= 0.3 is 12.1 Å². The number of hydrogen-bond donors (Lipinski definition) is 0. The molecule has 0 saturated heterocycles. The highest BCUT2D eigenvalue weighted by Gasteiger charge is 2.32. The van der Waals surface area contributed by atoms with Crippen molar-refractivity contribution in [3.05, 3.63) is 58.1 Å². The summed E-state index contributed by atoms with van der Waals surface area (Å²) in [6.45, 7) is 0.